The lowest BCUT2D eigenvalue weighted by Gasteiger charge is -2.23. The molecule has 0 saturated heterocycles. The summed E-state index contributed by atoms with van der Waals surface area (Å²) in [5, 5.41) is 26.1. The van der Waals surface area contributed by atoms with Gasteiger partial charge in [0.05, 0.1) is 6.04 Å². The minimum atomic E-state index is -1.28. The molecule has 0 radical (unpaired) electrons. The van der Waals surface area contributed by atoms with E-state index in [1.807, 2.05) is 24.3 Å². The molecular formula is C22H29N5O7S. The van der Waals surface area contributed by atoms with Gasteiger partial charge >= 0.3 is 11.9 Å². The Hall–Kier alpha value is -3.58. The van der Waals surface area contributed by atoms with Crippen molar-refractivity contribution in [1.82, 2.24) is 20.9 Å². The van der Waals surface area contributed by atoms with Crippen LogP contribution in [0.15, 0.2) is 30.5 Å². The number of nitrogens with two attached hydrogens (primary N) is 1. The molecule has 13 heteroatoms. The van der Waals surface area contributed by atoms with Crippen LogP contribution in [-0.4, -0.2) is 74.8 Å². The van der Waals surface area contributed by atoms with Crippen molar-refractivity contribution >= 4 is 53.2 Å². The largest absolute Gasteiger partial charge is 0.481 e. The van der Waals surface area contributed by atoms with Gasteiger partial charge in [0.2, 0.25) is 17.7 Å². The van der Waals surface area contributed by atoms with Crippen molar-refractivity contribution in [2.45, 2.75) is 50.4 Å². The van der Waals surface area contributed by atoms with Gasteiger partial charge in [0, 0.05) is 35.7 Å². The van der Waals surface area contributed by atoms with Crippen LogP contribution >= 0.6 is 12.6 Å². The molecule has 0 bridgehead atoms. The summed E-state index contributed by atoms with van der Waals surface area (Å²) >= 11 is 3.94. The van der Waals surface area contributed by atoms with Crippen LogP contribution in [0.4, 0.5) is 0 Å². The molecule has 1 heterocycles. The van der Waals surface area contributed by atoms with Gasteiger partial charge in [-0.25, -0.2) is 4.79 Å². The summed E-state index contributed by atoms with van der Waals surface area (Å²) in [7, 11) is 0. The van der Waals surface area contributed by atoms with Crippen LogP contribution in [0.5, 0.6) is 0 Å². The predicted octanol–water partition coefficient (Wildman–Crippen LogP) is -0.609. The van der Waals surface area contributed by atoms with E-state index in [0.717, 1.165) is 10.9 Å². The van der Waals surface area contributed by atoms with Crippen molar-refractivity contribution in [1.29, 1.82) is 0 Å². The van der Waals surface area contributed by atoms with Crippen molar-refractivity contribution in [2.24, 2.45) is 5.73 Å². The van der Waals surface area contributed by atoms with Gasteiger partial charge in [-0.15, -0.1) is 0 Å². The van der Waals surface area contributed by atoms with Crippen LogP contribution in [0, 0.1) is 0 Å². The molecule has 1 aromatic carbocycles. The predicted molar refractivity (Wildman–Crippen MR) is 130 cm³/mol. The van der Waals surface area contributed by atoms with E-state index in [1.165, 1.54) is 6.92 Å². The summed E-state index contributed by atoms with van der Waals surface area (Å²) in [6.07, 6.45) is 1.32. The molecule has 1 aromatic heterocycles. The lowest BCUT2D eigenvalue weighted by molar-refractivity contribution is -0.141. The number of hydrogen-bond acceptors (Lipinski definition) is 7. The number of amides is 3. The molecule has 2 aromatic rings. The third kappa shape index (κ3) is 8.00. The Morgan fingerprint density at radius 1 is 1.00 bits per heavy atom. The summed E-state index contributed by atoms with van der Waals surface area (Å²) in [5.41, 5.74) is 7.20. The van der Waals surface area contributed by atoms with Gasteiger partial charge in [0.25, 0.3) is 0 Å². The Bertz CT molecular complexity index is 1090. The second kappa shape index (κ2) is 12.8. The number of aromatic amines is 1. The van der Waals surface area contributed by atoms with Crippen molar-refractivity contribution in [3.63, 3.8) is 0 Å². The van der Waals surface area contributed by atoms with Gasteiger partial charge < -0.3 is 36.9 Å². The van der Waals surface area contributed by atoms with Crippen LogP contribution in [-0.2, 0) is 30.4 Å². The van der Waals surface area contributed by atoms with E-state index in [-0.39, 0.29) is 25.0 Å². The van der Waals surface area contributed by atoms with Crippen LogP contribution in [0.2, 0.25) is 0 Å². The van der Waals surface area contributed by atoms with Gasteiger partial charge in [0.1, 0.15) is 18.1 Å². The minimum absolute atomic E-state index is 0.0410. The number of thiol groups is 1. The first-order valence-corrected chi connectivity index (χ1v) is 11.4. The van der Waals surface area contributed by atoms with E-state index in [2.05, 4.69) is 33.6 Å². The van der Waals surface area contributed by atoms with E-state index in [0.29, 0.717) is 5.56 Å². The molecule has 2 rings (SSSR count). The topological polar surface area (TPSA) is 204 Å². The van der Waals surface area contributed by atoms with Crippen molar-refractivity contribution < 1.29 is 34.2 Å². The van der Waals surface area contributed by atoms with Crippen LogP contribution in [0.25, 0.3) is 10.9 Å². The highest BCUT2D eigenvalue weighted by atomic mass is 32.1. The van der Waals surface area contributed by atoms with Gasteiger partial charge in [-0.1, -0.05) is 18.2 Å². The Kier molecular flexibility index (Phi) is 10.1. The molecule has 4 unspecified atom stereocenters. The lowest BCUT2D eigenvalue weighted by Crippen LogP contribution is -2.57. The number of carbonyl (C=O) groups excluding carboxylic acids is 3. The minimum Gasteiger partial charge on any atom is -0.481 e. The molecule has 0 spiro atoms. The summed E-state index contributed by atoms with van der Waals surface area (Å²) in [5.74, 6) is -4.70. The van der Waals surface area contributed by atoms with E-state index < -0.39 is 53.8 Å². The monoisotopic (exact) mass is 507 g/mol. The number of carboxylic acid groups (broad SMARTS) is 2. The molecule has 4 atom stereocenters. The standard InChI is InChI=1S/C22H29N5O7S/c1-11(25-20(31)14(23)6-7-18(28)29)19(30)26-16(21(32)27-17(10-35)22(33)34)8-12-9-24-15-5-3-2-4-13(12)15/h2-5,9,11,14,16-17,24,35H,6-8,10,23H2,1H3,(H,25,31)(H,26,30)(H,27,32)(H,28,29)(H,33,34). The average molecular weight is 508 g/mol. The molecule has 190 valence electrons. The number of benzene rings is 1. The molecule has 3 amide bonds. The fourth-order valence-electron chi connectivity index (χ4n) is 3.28. The quantitative estimate of drug-likeness (QED) is 0.164. The maximum Gasteiger partial charge on any atom is 0.327 e. The molecular weight excluding hydrogens is 478 g/mol. The zero-order chi connectivity index (χ0) is 26.1. The second-order valence-electron chi connectivity index (χ2n) is 7.98. The number of aromatic nitrogens is 1. The summed E-state index contributed by atoms with van der Waals surface area (Å²) < 4.78 is 0. The number of rotatable bonds is 13. The average Bonchev–Trinajstić information content (AvgIpc) is 3.22. The highest BCUT2D eigenvalue weighted by Gasteiger charge is 2.29. The number of nitrogens with one attached hydrogen (secondary N) is 4. The lowest BCUT2D eigenvalue weighted by atomic mass is 10.0. The first-order valence-electron chi connectivity index (χ1n) is 10.8. The van der Waals surface area contributed by atoms with Gasteiger partial charge in [0.15, 0.2) is 0 Å². The van der Waals surface area contributed by atoms with E-state index in [9.17, 15) is 29.1 Å². The van der Waals surface area contributed by atoms with Gasteiger partial charge in [-0.3, -0.25) is 19.2 Å². The normalized spacial score (nSPS) is 14.4. The Balaban J connectivity index is 2.15. The molecule has 12 nitrogen and oxygen atoms in total. The number of aliphatic carboxylic acids is 2. The number of fused-ring (bicyclic) bond motifs is 1. The number of carboxylic acids is 2. The number of hydrogen-bond donors (Lipinski definition) is 8. The fraction of sp³-hybridized carbons (Fsp3) is 0.409. The van der Waals surface area contributed by atoms with Gasteiger partial charge in [-0.05, 0) is 25.0 Å². The number of carbonyl (C=O) groups is 5. The molecule has 0 aliphatic carbocycles. The third-order valence-electron chi connectivity index (χ3n) is 5.29. The second-order valence-corrected chi connectivity index (χ2v) is 8.34. The van der Waals surface area contributed by atoms with Crippen molar-refractivity contribution in [3.8, 4) is 0 Å². The first-order chi connectivity index (χ1) is 16.5. The van der Waals surface area contributed by atoms with E-state index >= 15 is 0 Å². The number of H-pyrrole nitrogens is 1. The molecule has 35 heavy (non-hydrogen) atoms. The maximum atomic E-state index is 12.9. The molecule has 0 aliphatic heterocycles. The smallest absolute Gasteiger partial charge is 0.327 e. The highest BCUT2D eigenvalue weighted by Crippen LogP contribution is 2.19. The van der Waals surface area contributed by atoms with Gasteiger partial charge in [-0.2, -0.15) is 12.6 Å². The number of para-hydroxylation sites is 1. The summed E-state index contributed by atoms with van der Waals surface area (Å²) in [4.78, 5) is 63.0. The zero-order valence-corrected chi connectivity index (χ0v) is 19.9. The fourth-order valence-corrected chi connectivity index (χ4v) is 3.53. The Labute approximate surface area is 206 Å². The SMILES string of the molecule is CC(NC(=O)C(N)CCC(=O)O)C(=O)NC(Cc1c[nH]c2ccccc12)C(=O)NC(CS)C(=O)O. The Morgan fingerprint density at radius 3 is 2.29 bits per heavy atom. The molecule has 8 N–H and O–H groups in total. The highest BCUT2D eigenvalue weighted by molar-refractivity contribution is 7.80. The molecule has 0 fully saturated rings. The van der Waals surface area contributed by atoms with E-state index in [4.69, 9.17) is 10.8 Å². The summed E-state index contributed by atoms with van der Waals surface area (Å²) in [6, 6.07) is 2.69. The van der Waals surface area contributed by atoms with Crippen molar-refractivity contribution in [2.75, 3.05) is 5.75 Å². The first kappa shape index (κ1) is 27.7. The van der Waals surface area contributed by atoms with Crippen LogP contribution in [0.1, 0.15) is 25.3 Å². The third-order valence-corrected chi connectivity index (χ3v) is 5.65. The van der Waals surface area contributed by atoms with E-state index in [1.54, 1.807) is 6.20 Å². The summed E-state index contributed by atoms with van der Waals surface area (Å²) in [6.45, 7) is 1.38. The van der Waals surface area contributed by atoms with Crippen LogP contribution < -0.4 is 21.7 Å². The van der Waals surface area contributed by atoms with Crippen molar-refractivity contribution in [3.05, 3.63) is 36.0 Å². The molecule has 0 aliphatic rings. The zero-order valence-electron chi connectivity index (χ0n) is 19.0. The van der Waals surface area contributed by atoms with Crippen LogP contribution in [0.3, 0.4) is 0 Å². The molecule has 0 saturated carbocycles. The Morgan fingerprint density at radius 2 is 1.66 bits per heavy atom. The maximum absolute atomic E-state index is 12.9.